The number of rotatable bonds is 7. The lowest BCUT2D eigenvalue weighted by Crippen LogP contribution is -2.54. The number of carbonyl (C=O) groups is 3. The van der Waals surface area contributed by atoms with Gasteiger partial charge in [0.05, 0.1) is 0 Å². The van der Waals surface area contributed by atoms with Gasteiger partial charge in [0.2, 0.25) is 17.7 Å². The molecule has 0 aliphatic heterocycles. The Kier molecular flexibility index (Phi) is 6.74. The Hall–Kier alpha value is -2.02. The number of nitrogens with two attached hydrogens (primary N) is 1. The van der Waals surface area contributed by atoms with Crippen molar-refractivity contribution < 1.29 is 14.4 Å². The van der Waals surface area contributed by atoms with E-state index in [1.807, 2.05) is 30.3 Å². The first-order valence-electron chi connectivity index (χ1n) is 6.45. The van der Waals surface area contributed by atoms with Gasteiger partial charge in [-0.05, 0) is 5.56 Å². The Bertz CT molecular complexity index is 507. The number of thiol groups is 1. The third kappa shape index (κ3) is 5.86. The molecule has 7 heteroatoms. The van der Waals surface area contributed by atoms with Crippen LogP contribution in [0.25, 0.3) is 0 Å². The maximum atomic E-state index is 12.0. The van der Waals surface area contributed by atoms with Gasteiger partial charge in [0.25, 0.3) is 0 Å². The summed E-state index contributed by atoms with van der Waals surface area (Å²) in [6.07, 6.45) is 0.293. The Morgan fingerprint density at radius 1 is 1.14 bits per heavy atom. The van der Waals surface area contributed by atoms with Crippen molar-refractivity contribution in [2.45, 2.75) is 25.4 Å². The maximum absolute atomic E-state index is 12.0. The van der Waals surface area contributed by atoms with Crippen LogP contribution in [0.15, 0.2) is 30.3 Å². The molecule has 2 atom stereocenters. The monoisotopic (exact) mass is 309 g/mol. The van der Waals surface area contributed by atoms with Crippen LogP contribution >= 0.6 is 12.6 Å². The molecule has 0 spiro atoms. The van der Waals surface area contributed by atoms with Crippen LogP contribution in [0, 0.1) is 0 Å². The number of hydrogen-bond acceptors (Lipinski definition) is 4. The van der Waals surface area contributed by atoms with Gasteiger partial charge in [-0.1, -0.05) is 30.3 Å². The lowest BCUT2D eigenvalue weighted by molar-refractivity contribution is -0.130. The third-order valence-corrected chi connectivity index (χ3v) is 3.18. The summed E-state index contributed by atoms with van der Waals surface area (Å²) in [5.74, 6) is -1.34. The lowest BCUT2D eigenvalue weighted by atomic mass is 10.1. The van der Waals surface area contributed by atoms with E-state index in [4.69, 9.17) is 5.73 Å². The summed E-state index contributed by atoms with van der Waals surface area (Å²) in [4.78, 5) is 34.5. The van der Waals surface area contributed by atoms with Crippen molar-refractivity contribution in [3.63, 3.8) is 0 Å². The summed E-state index contributed by atoms with van der Waals surface area (Å²) in [7, 11) is 0. The number of primary amides is 1. The van der Waals surface area contributed by atoms with E-state index in [1.54, 1.807) is 0 Å². The normalized spacial score (nSPS) is 13.0. The van der Waals surface area contributed by atoms with Crippen LogP contribution in [0.4, 0.5) is 0 Å². The molecule has 1 aromatic carbocycles. The highest BCUT2D eigenvalue weighted by atomic mass is 32.1. The van der Waals surface area contributed by atoms with Gasteiger partial charge in [0.1, 0.15) is 12.1 Å². The number of carbonyl (C=O) groups excluding carboxylic acids is 3. The van der Waals surface area contributed by atoms with Crippen LogP contribution in [0.1, 0.15) is 12.5 Å². The fourth-order valence-electron chi connectivity index (χ4n) is 1.78. The number of amides is 3. The Morgan fingerprint density at radius 2 is 1.76 bits per heavy atom. The third-order valence-electron chi connectivity index (χ3n) is 2.82. The molecule has 1 aromatic rings. The Labute approximate surface area is 128 Å². The van der Waals surface area contributed by atoms with Gasteiger partial charge in [-0.2, -0.15) is 12.6 Å². The zero-order chi connectivity index (χ0) is 15.8. The minimum absolute atomic E-state index is 0.127. The molecule has 0 radical (unpaired) electrons. The second kappa shape index (κ2) is 8.31. The lowest BCUT2D eigenvalue weighted by Gasteiger charge is -2.20. The molecular formula is C14H19N3O3S. The van der Waals surface area contributed by atoms with E-state index in [2.05, 4.69) is 23.3 Å². The molecule has 0 unspecified atom stereocenters. The van der Waals surface area contributed by atoms with E-state index < -0.39 is 23.9 Å². The fraction of sp³-hybridized carbons (Fsp3) is 0.357. The highest BCUT2D eigenvalue weighted by Crippen LogP contribution is 2.03. The summed E-state index contributed by atoms with van der Waals surface area (Å²) in [6, 6.07) is 7.57. The standard InChI is InChI=1S/C14H19N3O3S/c1-9(18)16-12(8-21)14(20)17-11(13(15)19)7-10-5-3-2-4-6-10/h2-6,11-12,21H,7-8H2,1H3,(H2,15,19)(H,16,18)(H,17,20)/t11-,12-/m0/s1. The van der Waals surface area contributed by atoms with Crippen molar-refractivity contribution >= 4 is 30.4 Å². The highest BCUT2D eigenvalue weighted by Gasteiger charge is 2.24. The first kappa shape index (κ1) is 17.0. The molecular weight excluding hydrogens is 290 g/mol. The van der Waals surface area contributed by atoms with E-state index >= 15 is 0 Å². The largest absolute Gasteiger partial charge is 0.368 e. The molecule has 21 heavy (non-hydrogen) atoms. The van der Waals surface area contributed by atoms with Gasteiger partial charge in [-0.15, -0.1) is 0 Å². The van der Waals surface area contributed by atoms with E-state index in [0.29, 0.717) is 6.42 Å². The molecule has 114 valence electrons. The predicted octanol–water partition coefficient (Wildman–Crippen LogP) is -0.366. The van der Waals surface area contributed by atoms with Crippen molar-refractivity contribution in [3.8, 4) is 0 Å². The summed E-state index contributed by atoms with van der Waals surface area (Å²) in [5, 5.41) is 5.00. The molecule has 0 aliphatic carbocycles. The molecule has 0 bridgehead atoms. The average Bonchev–Trinajstić information content (AvgIpc) is 2.44. The Morgan fingerprint density at radius 3 is 2.24 bits per heavy atom. The zero-order valence-electron chi connectivity index (χ0n) is 11.7. The predicted molar refractivity (Wildman–Crippen MR) is 82.7 cm³/mol. The second-order valence-electron chi connectivity index (χ2n) is 4.59. The topological polar surface area (TPSA) is 101 Å². The highest BCUT2D eigenvalue weighted by molar-refractivity contribution is 7.80. The summed E-state index contributed by atoms with van der Waals surface area (Å²) < 4.78 is 0. The minimum Gasteiger partial charge on any atom is -0.368 e. The summed E-state index contributed by atoms with van der Waals surface area (Å²) in [6.45, 7) is 1.30. The number of nitrogens with one attached hydrogen (secondary N) is 2. The fourth-order valence-corrected chi connectivity index (χ4v) is 2.04. The number of hydrogen-bond donors (Lipinski definition) is 4. The molecule has 0 heterocycles. The van der Waals surface area contributed by atoms with Gasteiger partial charge in [0.15, 0.2) is 0 Å². The van der Waals surface area contributed by atoms with Crippen molar-refractivity contribution in [2.75, 3.05) is 5.75 Å². The van der Waals surface area contributed by atoms with E-state index in [9.17, 15) is 14.4 Å². The first-order chi connectivity index (χ1) is 9.93. The minimum atomic E-state index is -0.837. The molecule has 3 amide bonds. The number of benzene rings is 1. The molecule has 0 fully saturated rings. The molecule has 0 saturated heterocycles. The molecule has 0 aromatic heterocycles. The van der Waals surface area contributed by atoms with E-state index in [-0.39, 0.29) is 11.7 Å². The second-order valence-corrected chi connectivity index (χ2v) is 4.95. The smallest absolute Gasteiger partial charge is 0.244 e. The van der Waals surface area contributed by atoms with E-state index in [0.717, 1.165) is 5.56 Å². The molecule has 0 saturated carbocycles. The van der Waals surface area contributed by atoms with E-state index in [1.165, 1.54) is 6.92 Å². The molecule has 1 rings (SSSR count). The van der Waals surface area contributed by atoms with Crippen molar-refractivity contribution in [2.24, 2.45) is 5.73 Å². The van der Waals surface area contributed by atoms with Crippen LogP contribution in [-0.2, 0) is 20.8 Å². The van der Waals surface area contributed by atoms with Gasteiger partial charge in [-0.25, -0.2) is 0 Å². The first-order valence-corrected chi connectivity index (χ1v) is 7.09. The average molecular weight is 309 g/mol. The van der Waals surface area contributed by atoms with Crippen LogP contribution in [-0.4, -0.2) is 35.6 Å². The maximum Gasteiger partial charge on any atom is 0.244 e. The summed E-state index contributed by atoms with van der Waals surface area (Å²) >= 11 is 4.01. The van der Waals surface area contributed by atoms with Crippen LogP contribution in [0.5, 0.6) is 0 Å². The van der Waals surface area contributed by atoms with Crippen molar-refractivity contribution in [3.05, 3.63) is 35.9 Å². The van der Waals surface area contributed by atoms with Gasteiger partial charge < -0.3 is 16.4 Å². The Balaban J connectivity index is 2.71. The van der Waals surface area contributed by atoms with Crippen LogP contribution in [0.2, 0.25) is 0 Å². The zero-order valence-corrected chi connectivity index (χ0v) is 12.6. The molecule has 4 N–H and O–H groups in total. The van der Waals surface area contributed by atoms with Gasteiger partial charge in [0, 0.05) is 19.1 Å². The van der Waals surface area contributed by atoms with Crippen LogP contribution in [0.3, 0.4) is 0 Å². The van der Waals surface area contributed by atoms with Crippen LogP contribution < -0.4 is 16.4 Å². The SMILES string of the molecule is CC(=O)N[C@@H](CS)C(=O)N[C@@H](Cc1ccccc1)C(N)=O. The molecule has 6 nitrogen and oxygen atoms in total. The van der Waals surface area contributed by atoms with Crippen molar-refractivity contribution in [1.82, 2.24) is 10.6 Å². The molecule has 0 aliphatic rings. The van der Waals surface area contributed by atoms with Crippen molar-refractivity contribution in [1.29, 1.82) is 0 Å². The quantitative estimate of drug-likeness (QED) is 0.517. The van der Waals surface area contributed by atoms with Gasteiger partial charge >= 0.3 is 0 Å². The summed E-state index contributed by atoms with van der Waals surface area (Å²) in [5.41, 5.74) is 6.19. The van der Waals surface area contributed by atoms with Gasteiger partial charge in [-0.3, -0.25) is 14.4 Å².